The average molecular weight is 404 g/mol. The van der Waals surface area contributed by atoms with E-state index >= 15 is 0 Å². The lowest BCUT2D eigenvalue weighted by molar-refractivity contribution is -0.134. The third-order valence-corrected chi connectivity index (χ3v) is 7.30. The highest BCUT2D eigenvalue weighted by Gasteiger charge is 2.38. The zero-order valence-corrected chi connectivity index (χ0v) is 16.5. The van der Waals surface area contributed by atoms with E-state index in [2.05, 4.69) is 22.1 Å². The average Bonchev–Trinajstić information content (AvgIpc) is 3.08. The third-order valence-electron chi connectivity index (χ3n) is 5.55. The molecule has 0 aromatic heterocycles. The van der Waals surface area contributed by atoms with Gasteiger partial charge in [-0.3, -0.25) is 9.59 Å². The fourth-order valence-corrected chi connectivity index (χ4v) is 5.66. The molecule has 1 aromatic carbocycles. The Balaban J connectivity index is 1.42. The van der Waals surface area contributed by atoms with Crippen molar-refractivity contribution >= 4 is 33.1 Å². The number of hydrogen-bond acceptors (Lipinski definition) is 6. The fourth-order valence-electron chi connectivity index (χ4n) is 3.97. The van der Waals surface area contributed by atoms with E-state index in [1.807, 2.05) is 18.2 Å². The molecular formula is C19H24N4O4S. The molecule has 0 aliphatic carbocycles. The molecule has 8 nitrogen and oxygen atoms in total. The van der Waals surface area contributed by atoms with Crippen LogP contribution in [0.5, 0.6) is 0 Å². The van der Waals surface area contributed by atoms with Gasteiger partial charge in [-0.25, -0.2) is 13.4 Å². The van der Waals surface area contributed by atoms with Crippen LogP contribution < -0.4 is 4.90 Å². The first-order valence-electron chi connectivity index (χ1n) is 9.62. The van der Waals surface area contributed by atoms with Gasteiger partial charge in [0.2, 0.25) is 5.91 Å². The number of hydrogen-bond donors (Lipinski definition) is 0. The molecule has 1 aromatic rings. The second-order valence-electron chi connectivity index (χ2n) is 7.46. The maximum Gasteiger partial charge on any atom is 0.270 e. The van der Waals surface area contributed by atoms with Crippen LogP contribution in [-0.4, -0.2) is 79.6 Å². The lowest BCUT2D eigenvalue weighted by Crippen LogP contribution is -2.52. The van der Waals surface area contributed by atoms with Gasteiger partial charge >= 0.3 is 0 Å². The molecule has 2 saturated heterocycles. The summed E-state index contributed by atoms with van der Waals surface area (Å²) in [5, 5.41) is 5.55. The number of carbonyl (C=O) groups is 2. The number of piperazine rings is 1. The zero-order chi connectivity index (χ0) is 19.7. The first-order valence-corrected chi connectivity index (χ1v) is 11.4. The van der Waals surface area contributed by atoms with Crippen LogP contribution >= 0.6 is 0 Å². The number of hydrazone groups is 1. The van der Waals surface area contributed by atoms with E-state index in [9.17, 15) is 18.0 Å². The summed E-state index contributed by atoms with van der Waals surface area (Å²) in [7, 11) is -3.12. The largest absolute Gasteiger partial charge is 0.368 e. The van der Waals surface area contributed by atoms with Gasteiger partial charge in [0.05, 0.1) is 17.5 Å². The zero-order valence-electron chi connectivity index (χ0n) is 15.7. The molecule has 4 rings (SSSR count). The van der Waals surface area contributed by atoms with Crippen LogP contribution in [0, 0.1) is 0 Å². The van der Waals surface area contributed by atoms with Crippen LogP contribution in [-0.2, 0) is 19.4 Å². The molecule has 28 heavy (non-hydrogen) atoms. The van der Waals surface area contributed by atoms with Crippen molar-refractivity contribution in [2.75, 3.05) is 42.6 Å². The summed E-state index contributed by atoms with van der Waals surface area (Å²) in [5.41, 5.74) is 1.50. The predicted octanol–water partition coefficient (Wildman–Crippen LogP) is 0.501. The summed E-state index contributed by atoms with van der Waals surface area (Å²) in [6.45, 7) is 2.68. The fraction of sp³-hybridized carbons (Fsp3) is 0.526. The monoisotopic (exact) mass is 404 g/mol. The van der Waals surface area contributed by atoms with Crippen molar-refractivity contribution in [3.8, 4) is 0 Å². The lowest BCUT2D eigenvalue weighted by atomic mass is 10.1. The van der Waals surface area contributed by atoms with Gasteiger partial charge in [0.15, 0.2) is 9.84 Å². The lowest BCUT2D eigenvalue weighted by Gasteiger charge is -2.37. The van der Waals surface area contributed by atoms with Crippen molar-refractivity contribution < 1.29 is 18.0 Å². The van der Waals surface area contributed by atoms with Gasteiger partial charge in [0.1, 0.15) is 5.71 Å². The van der Waals surface area contributed by atoms with Crippen molar-refractivity contribution in [3.63, 3.8) is 0 Å². The molecule has 9 heteroatoms. The van der Waals surface area contributed by atoms with Crippen molar-refractivity contribution in [2.24, 2.45) is 5.10 Å². The number of anilines is 1. The van der Waals surface area contributed by atoms with E-state index in [0.717, 1.165) is 18.8 Å². The molecule has 2 fully saturated rings. The number of amides is 2. The molecule has 1 atom stereocenters. The van der Waals surface area contributed by atoms with E-state index in [1.54, 1.807) is 4.90 Å². The molecule has 0 radical (unpaired) electrons. The van der Waals surface area contributed by atoms with Gasteiger partial charge in [0, 0.05) is 44.7 Å². The van der Waals surface area contributed by atoms with Gasteiger partial charge in [-0.1, -0.05) is 18.2 Å². The van der Waals surface area contributed by atoms with E-state index < -0.39 is 15.9 Å². The molecule has 3 aliphatic heterocycles. The molecule has 2 amide bonds. The maximum atomic E-state index is 12.9. The number of carbonyl (C=O) groups excluding carboxylic acids is 2. The summed E-state index contributed by atoms with van der Waals surface area (Å²) in [6, 6.07) is 9.64. The van der Waals surface area contributed by atoms with Crippen molar-refractivity contribution in [3.05, 3.63) is 30.3 Å². The van der Waals surface area contributed by atoms with Crippen molar-refractivity contribution in [2.45, 2.75) is 25.3 Å². The number of benzene rings is 1. The summed E-state index contributed by atoms with van der Waals surface area (Å²) in [4.78, 5) is 29.2. The Bertz CT molecular complexity index is 892. The Morgan fingerprint density at radius 2 is 1.75 bits per heavy atom. The molecular weight excluding hydrogens is 380 g/mol. The van der Waals surface area contributed by atoms with Crippen LogP contribution in [0.4, 0.5) is 5.69 Å². The minimum atomic E-state index is -3.12. The number of rotatable bonds is 3. The highest BCUT2D eigenvalue weighted by atomic mass is 32.2. The van der Waals surface area contributed by atoms with E-state index in [1.165, 1.54) is 5.01 Å². The molecule has 150 valence electrons. The molecule has 0 spiro atoms. The minimum absolute atomic E-state index is 0.0700. The number of nitrogens with zero attached hydrogens (tertiary/aromatic N) is 4. The van der Waals surface area contributed by atoms with Crippen LogP contribution in [0.15, 0.2) is 35.4 Å². The summed E-state index contributed by atoms with van der Waals surface area (Å²) in [5.74, 6) is -0.347. The highest BCUT2D eigenvalue weighted by Crippen LogP contribution is 2.23. The SMILES string of the molecule is O=C(C1=NN([C@H]2CCS(=O)(=O)C2)C(=O)CC1)N1CCN(c2ccccc2)CC1. The van der Waals surface area contributed by atoms with Crippen LogP contribution in [0.2, 0.25) is 0 Å². The van der Waals surface area contributed by atoms with E-state index in [-0.39, 0.29) is 29.7 Å². The van der Waals surface area contributed by atoms with Gasteiger partial charge in [-0.05, 0) is 18.6 Å². The van der Waals surface area contributed by atoms with Gasteiger partial charge in [0.25, 0.3) is 5.91 Å². The second-order valence-corrected chi connectivity index (χ2v) is 9.69. The van der Waals surface area contributed by atoms with Crippen molar-refractivity contribution in [1.29, 1.82) is 0 Å². The minimum Gasteiger partial charge on any atom is -0.368 e. The van der Waals surface area contributed by atoms with Crippen LogP contribution in [0.1, 0.15) is 19.3 Å². The predicted molar refractivity (Wildman–Crippen MR) is 106 cm³/mol. The maximum absolute atomic E-state index is 12.9. The normalized spacial score (nSPS) is 25.0. The quantitative estimate of drug-likeness (QED) is 0.732. The summed E-state index contributed by atoms with van der Waals surface area (Å²) < 4.78 is 23.5. The first kappa shape index (κ1) is 18.9. The Labute approximate surface area is 164 Å². The van der Waals surface area contributed by atoms with Crippen LogP contribution in [0.3, 0.4) is 0 Å². The number of sulfone groups is 1. The smallest absolute Gasteiger partial charge is 0.270 e. The molecule has 0 bridgehead atoms. The van der Waals surface area contributed by atoms with Gasteiger partial charge in [-0.15, -0.1) is 0 Å². The Hall–Kier alpha value is -2.42. The third kappa shape index (κ3) is 3.89. The second kappa shape index (κ2) is 7.54. The van der Waals surface area contributed by atoms with Crippen molar-refractivity contribution in [1.82, 2.24) is 9.91 Å². The highest BCUT2D eigenvalue weighted by molar-refractivity contribution is 7.91. The summed E-state index contributed by atoms with van der Waals surface area (Å²) in [6.07, 6.45) is 0.895. The molecule has 3 aliphatic rings. The Morgan fingerprint density at radius 1 is 1.04 bits per heavy atom. The topological polar surface area (TPSA) is 90.4 Å². The molecule has 0 N–H and O–H groups in total. The molecule has 0 unspecified atom stereocenters. The number of para-hydroxylation sites is 1. The van der Waals surface area contributed by atoms with Crippen LogP contribution in [0.25, 0.3) is 0 Å². The summed E-state index contributed by atoms with van der Waals surface area (Å²) >= 11 is 0. The van der Waals surface area contributed by atoms with Gasteiger partial charge < -0.3 is 9.80 Å². The van der Waals surface area contributed by atoms with Gasteiger partial charge in [-0.2, -0.15) is 5.10 Å². The van der Waals surface area contributed by atoms with E-state index in [0.29, 0.717) is 31.6 Å². The van der Waals surface area contributed by atoms with E-state index in [4.69, 9.17) is 0 Å². The standard InChI is InChI=1S/C19H24N4O4S/c24-18-7-6-17(20-23(18)16-8-13-28(26,27)14-16)19(25)22-11-9-21(10-12-22)15-4-2-1-3-5-15/h1-5,16H,6-14H2/t16-/m0/s1. The molecule has 3 heterocycles. The molecule has 0 saturated carbocycles. The first-order chi connectivity index (χ1) is 13.4. The Morgan fingerprint density at radius 3 is 2.39 bits per heavy atom. The Kier molecular flexibility index (Phi) is 5.09.